The highest BCUT2D eigenvalue weighted by Gasteiger charge is 2.19. The number of rotatable bonds is 7. The van der Waals surface area contributed by atoms with Gasteiger partial charge in [-0.3, -0.25) is 19.2 Å². The Labute approximate surface area is 177 Å². The SMILES string of the molecule is CC(=O)c1ccc(NC(=O)[C@@H](C)OC(=O)CNC(=O)c2ccc(Cl)cc2Cl)cc1. The minimum absolute atomic E-state index is 0.0906. The van der Waals surface area contributed by atoms with E-state index >= 15 is 0 Å². The van der Waals surface area contributed by atoms with Gasteiger partial charge in [0.25, 0.3) is 11.8 Å². The molecule has 0 heterocycles. The summed E-state index contributed by atoms with van der Waals surface area (Å²) < 4.78 is 5.01. The zero-order valence-corrected chi connectivity index (χ0v) is 17.1. The molecule has 0 fully saturated rings. The molecule has 1 atom stereocenters. The number of halogens is 2. The Kier molecular flexibility index (Phi) is 7.75. The van der Waals surface area contributed by atoms with Crippen LogP contribution < -0.4 is 10.6 Å². The van der Waals surface area contributed by atoms with E-state index in [1.165, 1.54) is 32.0 Å². The van der Waals surface area contributed by atoms with Crippen molar-refractivity contribution in [3.63, 3.8) is 0 Å². The second-order valence-electron chi connectivity index (χ2n) is 6.06. The zero-order chi connectivity index (χ0) is 21.6. The van der Waals surface area contributed by atoms with Crippen LogP contribution in [-0.2, 0) is 14.3 Å². The first-order chi connectivity index (χ1) is 13.7. The molecule has 0 saturated heterocycles. The Morgan fingerprint density at radius 3 is 2.28 bits per heavy atom. The summed E-state index contributed by atoms with van der Waals surface area (Å²) in [7, 11) is 0. The maximum absolute atomic E-state index is 12.1. The average Bonchev–Trinajstić information content (AvgIpc) is 2.66. The molecular weight excluding hydrogens is 419 g/mol. The molecule has 0 radical (unpaired) electrons. The predicted octanol–water partition coefficient (Wildman–Crippen LogP) is 3.50. The molecule has 0 aliphatic rings. The van der Waals surface area contributed by atoms with Gasteiger partial charge in [-0.15, -0.1) is 0 Å². The zero-order valence-electron chi connectivity index (χ0n) is 15.6. The molecule has 7 nitrogen and oxygen atoms in total. The Bertz CT molecular complexity index is 944. The lowest BCUT2D eigenvalue weighted by Crippen LogP contribution is -2.35. The van der Waals surface area contributed by atoms with E-state index in [1.54, 1.807) is 24.3 Å². The van der Waals surface area contributed by atoms with Crippen molar-refractivity contribution in [1.82, 2.24) is 5.32 Å². The molecule has 0 aliphatic heterocycles. The van der Waals surface area contributed by atoms with Crippen molar-refractivity contribution < 1.29 is 23.9 Å². The maximum atomic E-state index is 12.1. The number of anilines is 1. The minimum atomic E-state index is -1.09. The summed E-state index contributed by atoms with van der Waals surface area (Å²) in [5, 5.41) is 5.46. The fourth-order valence-electron chi connectivity index (χ4n) is 2.25. The molecule has 9 heteroatoms. The number of hydrogen-bond donors (Lipinski definition) is 2. The molecule has 0 saturated carbocycles. The van der Waals surface area contributed by atoms with Crippen LogP contribution in [0.3, 0.4) is 0 Å². The van der Waals surface area contributed by atoms with E-state index in [4.69, 9.17) is 27.9 Å². The number of hydrogen-bond acceptors (Lipinski definition) is 5. The van der Waals surface area contributed by atoms with E-state index in [0.29, 0.717) is 16.3 Å². The molecular formula is C20H18Cl2N2O5. The topological polar surface area (TPSA) is 102 Å². The summed E-state index contributed by atoms with van der Waals surface area (Å²) in [5.74, 6) is -2.02. The first-order valence-corrected chi connectivity index (χ1v) is 9.27. The summed E-state index contributed by atoms with van der Waals surface area (Å²) in [4.78, 5) is 47.3. The summed E-state index contributed by atoms with van der Waals surface area (Å²) in [6.45, 7) is 2.40. The number of carbonyl (C=O) groups is 4. The molecule has 0 bridgehead atoms. The average molecular weight is 437 g/mol. The minimum Gasteiger partial charge on any atom is -0.451 e. The fraction of sp³-hybridized carbons (Fsp3) is 0.200. The second-order valence-corrected chi connectivity index (χ2v) is 6.91. The van der Waals surface area contributed by atoms with E-state index in [9.17, 15) is 19.2 Å². The number of Topliss-reactive ketones (excluding diaryl/α,β-unsaturated/α-hetero) is 1. The summed E-state index contributed by atoms with van der Waals surface area (Å²) in [5.41, 5.74) is 1.12. The van der Waals surface area contributed by atoms with Gasteiger partial charge < -0.3 is 15.4 Å². The van der Waals surface area contributed by atoms with Crippen LogP contribution in [0.2, 0.25) is 10.0 Å². The van der Waals surface area contributed by atoms with Gasteiger partial charge in [0.05, 0.1) is 10.6 Å². The highest BCUT2D eigenvalue weighted by Crippen LogP contribution is 2.20. The van der Waals surface area contributed by atoms with Gasteiger partial charge >= 0.3 is 5.97 Å². The van der Waals surface area contributed by atoms with Crippen molar-refractivity contribution in [2.24, 2.45) is 0 Å². The Morgan fingerprint density at radius 2 is 1.69 bits per heavy atom. The Hall–Kier alpha value is -2.90. The van der Waals surface area contributed by atoms with Gasteiger partial charge in [-0.1, -0.05) is 23.2 Å². The number of amides is 2. The van der Waals surface area contributed by atoms with Crippen molar-refractivity contribution in [1.29, 1.82) is 0 Å². The molecule has 29 heavy (non-hydrogen) atoms. The van der Waals surface area contributed by atoms with Crippen LogP contribution in [0.15, 0.2) is 42.5 Å². The second kappa shape index (κ2) is 10.0. The van der Waals surface area contributed by atoms with Crippen LogP contribution >= 0.6 is 23.2 Å². The quantitative estimate of drug-likeness (QED) is 0.510. The van der Waals surface area contributed by atoms with E-state index < -0.39 is 30.4 Å². The first kappa shape index (κ1) is 22.4. The third kappa shape index (κ3) is 6.58. The number of benzene rings is 2. The van der Waals surface area contributed by atoms with Gasteiger partial charge in [0.2, 0.25) is 0 Å². The summed E-state index contributed by atoms with van der Waals surface area (Å²) in [6, 6.07) is 10.6. The van der Waals surface area contributed by atoms with Crippen molar-refractivity contribution in [3.8, 4) is 0 Å². The predicted molar refractivity (Wildman–Crippen MR) is 109 cm³/mol. The fourth-order valence-corrected chi connectivity index (χ4v) is 2.74. The first-order valence-electron chi connectivity index (χ1n) is 8.52. The normalized spacial score (nSPS) is 11.3. The number of ketones is 1. The third-order valence-electron chi connectivity index (χ3n) is 3.81. The van der Waals surface area contributed by atoms with E-state index in [0.717, 1.165) is 0 Å². The van der Waals surface area contributed by atoms with Crippen LogP contribution in [0.1, 0.15) is 34.6 Å². The van der Waals surface area contributed by atoms with E-state index in [2.05, 4.69) is 10.6 Å². The molecule has 0 aromatic heterocycles. The van der Waals surface area contributed by atoms with Crippen LogP contribution in [-0.4, -0.2) is 36.2 Å². The molecule has 2 aromatic carbocycles. The van der Waals surface area contributed by atoms with Gasteiger partial charge in [-0.05, 0) is 56.3 Å². The lowest BCUT2D eigenvalue weighted by Gasteiger charge is -2.14. The van der Waals surface area contributed by atoms with Gasteiger partial charge in [-0.25, -0.2) is 0 Å². The molecule has 0 aliphatic carbocycles. The van der Waals surface area contributed by atoms with Crippen molar-refractivity contribution in [2.75, 3.05) is 11.9 Å². The number of esters is 1. The third-order valence-corrected chi connectivity index (χ3v) is 4.35. The van der Waals surface area contributed by atoms with Crippen LogP contribution in [0.4, 0.5) is 5.69 Å². The number of carbonyl (C=O) groups excluding carboxylic acids is 4. The van der Waals surface area contributed by atoms with Crippen molar-refractivity contribution in [3.05, 3.63) is 63.6 Å². The van der Waals surface area contributed by atoms with Crippen molar-refractivity contribution in [2.45, 2.75) is 20.0 Å². The maximum Gasteiger partial charge on any atom is 0.326 e. The summed E-state index contributed by atoms with van der Waals surface area (Å²) >= 11 is 11.7. The van der Waals surface area contributed by atoms with Crippen LogP contribution in [0.25, 0.3) is 0 Å². The van der Waals surface area contributed by atoms with Crippen molar-refractivity contribution >= 4 is 52.5 Å². The molecule has 2 amide bonds. The molecule has 2 rings (SSSR count). The number of nitrogens with one attached hydrogen (secondary N) is 2. The highest BCUT2D eigenvalue weighted by molar-refractivity contribution is 6.36. The molecule has 2 N–H and O–H groups in total. The molecule has 2 aromatic rings. The van der Waals surface area contributed by atoms with E-state index in [-0.39, 0.29) is 16.4 Å². The lowest BCUT2D eigenvalue weighted by atomic mass is 10.1. The van der Waals surface area contributed by atoms with Crippen LogP contribution in [0, 0.1) is 0 Å². The Balaban J connectivity index is 1.83. The Morgan fingerprint density at radius 1 is 1.03 bits per heavy atom. The molecule has 0 unspecified atom stereocenters. The smallest absolute Gasteiger partial charge is 0.326 e. The van der Waals surface area contributed by atoms with Gasteiger partial charge in [-0.2, -0.15) is 0 Å². The monoisotopic (exact) mass is 436 g/mol. The van der Waals surface area contributed by atoms with Gasteiger partial charge in [0, 0.05) is 16.3 Å². The standard InChI is InChI=1S/C20H18Cl2N2O5/c1-11(25)13-3-6-15(7-4-13)24-19(27)12(2)29-18(26)10-23-20(28)16-8-5-14(21)9-17(16)22/h3-9,12H,10H2,1-2H3,(H,23,28)(H,24,27)/t12-/m1/s1. The van der Waals surface area contributed by atoms with Crippen LogP contribution in [0.5, 0.6) is 0 Å². The lowest BCUT2D eigenvalue weighted by molar-refractivity contribution is -0.152. The molecule has 152 valence electrons. The number of ether oxygens (including phenoxy) is 1. The largest absolute Gasteiger partial charge is 0.451 e. The van der Waals surface area contributed by atoms with E-state index in [1.807, 2.05) is 0 Å². The molecule has 0 spiro atoms. The summed E-state index contributed by atoms with van der Waals surface area (Å²) in [6.07, 6.45) is -1.09. The van der Waals surface area contributed by atoms with Gasteiger partial charge in [0.15, 0.2) is 11.9 Å². The highest BCUT2D eigenvalue weighted by atomic mass is 35.5. The van der Waals surface area contributed by atoms with Gasteiger partial charge in [0.1, 0.15) is 6.54 Å².